The van der Waals surface area contributed by atoms with E-state index in [1.54, 1.807) is 31.3 Å². The second-order valence-electron chi connectivity index (χ2n) is 4.69. The Morgan fingerprint density at radius 3 is 2.60 bits per heavy atom. The number of anilines is 1. The number of urea groups is 1. The molecule has 104 valence electrons. The third kappa shape index (κ3) is 2.57. The van der Waals surface area contributed by atoms with E-state index in [9.17, 15) is 9.59 Å². The lowest BCUT2D eigenvalue weighted by molar-refractivity contribution is -0.141. The lowest BCUT2D eigenvalue weighted by Crippen LogP contribution is -2.46. The van der Waals surface area contributed by atoms with Gasteiger partial charge >= 0.3 is 12.0 Å². The van der Waals surface area contributed by atoms with Crippen molar-refractivity contribution in [1.82, 2.24) is 4.90 Å². The second kappa shape index (κ2) is 5.61. The molecule has 1 atom stereocenters. The zero-order valence-corrected chi connectivity index (χ0v) is 11.1. The van der Waals surface area contributed by atoms with E-state index in [1.807, 2.05) is 6.07 Å². The van der Waals surface area contributed by atoms with Crippen molar-refractivity contribution in [3.8, 4) is 6.07 Å². The molecule has 0 aliphatic carbocycles. The van der Waals surface area contributed by atoms with Crippen LogP contribution in [0.1, 0.15) is 18.4 Å². The number of hydrogen-bond donors (Lipinski definition) is 1. The molecule has 1 fully saturated rings. The topological polar surface area (TPSA) is 84.6 Å². The van der Waals surface area contributed by atoms with Gasteiger partial charge in [0.25, 0.3) is 0 Å². The highest BCUT2D eigenvalue weighted by Gasteiger charge is 2.35. The summed E-state index contributed by atoms with van der Waals surface area (Å²) in [5.74, 6) is -0.968. The van der Waals surface area contributed by atoms with Crippen LogP contribution in [0.3, 0.4) is 0 Å². The van der Waals surface area contributed by atoms with E-state index in [4.69, 9.17) is 10.4 Å². The Morgan fingerprint density at radius 1 is 1.40 bits per heavy atom. The van der Waals surface area contributed by atoms with Gasteiger partial charge in [0.2, 0.25) is 0 Å². The van der Waals surface area contributed by atoms with Crippen molar-refractivity contribution in [1.29, 1.82) is 5.26 Å². The molecule has 2 amide bonds. The van der Waals surface area contributed by atoms with Gasteiger partial charge < -0.3 is 10.0 Å². The maximum Gasteiger partial charge on any atom is 0.326 e. The number of nitriles is 1. The number of rotatable bonds is 2. The SMILES string of the molecule is CN(C(=O)N1CCCC1C(=O)O)c1ccc(C#N)cc1. The predicted octanol–water partition coefficient (Wildman–Crippen LogP) is 1.66. The minimum absolute atomic E-state index is 0.334. The number of carbonyl (C=O) groups is 2. The minimum atomic E-state index is -0.968. The Labute approximate surface area is 116 Å². The van der Waals surface area contributed by atoms with Gasteiger partial charge in [-0.2, -0.15) is 5.26 Å². The zero-order chi connectivity index (χ0) is 14.7. The predicted molar refractivity (Wildman–Crippen MR) is 72.3 cm³/mol. The van der Waals surface area contributed by atoms with Crippen molar-refractivity contribution in [3.63, 3.8) is 0 Å². The standard InChI is InChI=1S/C14H15N3O3/c1-16(11-6-4-10(9-15)5-7-11)14(20)17-8-2-3-12(17)13(18)19/h4-7,12H,2-3,8H2,1H3,(H,18,19). The maximum atomic E-state index is 12.3. The van der Waals surface area contributed by atoms with E-state index < -0.39 is 12.0 Å². The summed E-state index contributed by atoms with van der Waals surface area (Å²) in [6.07, 6.45) is 1.19. The molecule has 0 radical (unpaired) electrons. The van der Waals surface area contributed by atoms with Crippen LogP contribution in [-0.4, -0.2) is 41.6 Å². The molecular weight excluding hydrogens is 258 g/mol. The zero-order valence-electron chi connectivity index (χ0n) is 11.1. The molecular formula is C14H15N3O3. The molecule has 1 aromatic carbocycles. The van der Waals surface area contributed by atoms with Gasteiger partial charge in [-0.15, -0.1) is 0 Å². The van der Waals surface area contributed by atoms with Crippen LogP contribution in [-0.2, 0) is 4.79 Å². The van der Waals surface area contributed by atoms with E-state index in [0.717, 1.165) is 0 Å². The van der Waals surface area contributed by atoms with Crippen molar-refractivity contribution in [2.45, 2.75) is 18.9 Å². The van der Waals surface area contributed by atoms with E-state index in [0.29, 0.717) is 30.6 Å². The lowest BCUT2D eigenvalue weighted by Gasteiger charge is -2.27. The second-order valence-corrected chi connectivity index (χ2v) is 4.69. The number of amides is 2. The van der Waals surface area contributed by atoms with Gasteiger partial charge in [-0.3, -0.25) is 4.90 Å². The minimum Gasteiger partial charge on any atom is -0.480 e. The largest absolute Gasteiger partial charge is 0.480 e. The molecule has 1 heterocycles. The highest BCUT2D eigenvalue weighted by atomic mass is 16.4. The number of carboxylic acid groups (broad SMARTS) is 1. The summed E-state index contributed by atoms with van der Waals surface area (Å²) < 4.78 is 0. The summed E-state index contributed by atoms with van der Waals surface area (Å²) in [6.45, 7) is 0.455. The Balaban J connectivity index is 2.15. The van der Waals surface area contributed by atoms with E-state index in [-0.39, 0.29) is 6.03 Å². The van der Waals surface area contributed by atoms with Crippen molar-refractivity contribution >= 4 is 17.7 Å². The van der Waals surface area contributed by atoms with E-state index in [2.05, 4.69) is 0 Å². The average Bonchev–Trinajstić information content (AvgIpc) is 2.95. The first kappa shape index (κ1) is 13.9. The summed E-state index contributed by atoms with van der Waals surface area (Å²) in [5, 5.41) is 17.8. The monoisotopic (exact) mass is 273 g/mol. The summed E-state index contributed by atoms with van der Waals surface area (Å²) in [6, 6.07) is 7.51. The molecule has 1 saturated heterocycles. The van der Waals surface area contributed by atoms with Gasteiger partial charge in [-0.05, 0) is 37.1 Å². The van der Waals surface area contributed by atoms with Crippen molar-refractivity contribution < 1.29 is 14.7 Å². The Kier molecular flexibility index (Phi) is 3.89. The summed E-state index contributed by atoms with van der Waals surface area (Å²) in [5.41, 5.74) is 1.14. The number of carboxylic acids is 1. The van der Waals surface area contributed by atoms with Gasteiger partial charge in [0.15, 0.2) is 0 Å². The number of aliphatic carboxylic acids is 1. The molecule has 2 rings (SSSR count). The van der Waals surface area contributed by atoms with Crippen LogP contribution in [0.25, 0.3) is 0 Å². The molecule has 0 bridgehead atoms. The molecule has 1 N–H and O–H groups in total. The Hall–Kier alpha value is -2.55. The fraction of sp³-hybridized carbons (Fsp3) is 0.357. The molecule has 0 spiro atoms. The summed E-state index contributed by atoms with van der Waals surface area (Å²) in [7, 11) is 1.60. The first-order valence-electron chi connectivity index (χ1n) is 6.32. The quantitative estimate of drug-likeness (QED) is 0.888. The average molecular weight is 273 g/mol. The normalized spacial score (nSPS) is 17.6. The number of nitrogens with zero attached hydrogens (tertiary/aromatic N) is 3. The molecule has 1 unspecified atom stereocenters. The lowest BCUT2D eigenvalue weighted by atomic mass is 10.2. The van der Waals surface area contributed by atoms with Crippen molar-refractivity contribution in [3.05, 3.63) is 29.8 Å². The van der Waals surface area contributed by atoms with Crippen molar-refractivity contribution in [2.24, 2.45) is 0 Å². The molecule has 1 aliphatic heterocycles. The van der Waals surface area contributed by atoms with Crippen LogP contribution in [0.4, 0.5) is 10.5 Å². The molecule has 6 heteroatoms. The highest BCUT2D eigenvalue weighted by Crippen LogP contribution is 2.22. The maximum absolute atomic E-state index is 12.3. The first-order valence-corrected chi connectivity index (χ1v) is 6.32. The molecule has 20 heavy (non-hydrogen) atoms. The van der Waals surface area contributed by atoms with Crippen LogP contribution >= 0.6 is 0 Å². The molecule has 6 nitrogen and oxygen atoms in total. The van der Waals surface area contributed by atoms with E-state index in [1.165, 1.54) is 9.80 Å². The Bertz CT molecular complexity index is 562. The van der Waals surface area contributed by atoms with Crippen LogP contribution in [0, 0.1) is 11.3 Å². The molecule has 1 aliphatic rings. The summed E-state index contributed by atoms with van der Waals surface area (Å²) in [4.78, 5) is 26.2. The molecule has 1 aromatic rings. The smallest absolute Gasteiger partial charge is 0.326 e. The van der Waals surface area contributed by atoms with Crippen LogP contribution in [0.15, 0.2) is 24.3 Å². The van der Waals surface area contributed by atoms with Gasteiger partial charge in [0.1, 0.15) is 6.04 Å². The van der Waals surface area contributed by atoms with Crippen LogP contribution in [0.2, 0.25) is 0 Å². The van der Waals surface area contributed by atoms with Crippen LogP contribution < -0.4 is 4.90 Å². The third-order valence-corrected chi connectivity index (χ3v) is 3.45. The van der Waals surface area contributed by atoms with Crippen molar-refractivity contribution in [2.75, 3.05) is 18.5 Å². The fourth-order valence-electron chi connectivity index (χ4n) is 2.32. The third-order valence-electron chi connectivity index (χ3n) is 3.45. The summed E-state index contributed by atoms with van der Waals surface area (Å²) >= 11 is 0. The number of carbonyl (C=O) groups excluding carboxylic acids is 1. The van der Waals surface area contributed by atoms with Crippen LogP contribution in [0.5, 0.6) is 0 Å². The molecule has 0 aromatic heterocycles. The number of benzene rings is 1. The number of hydrogen-bond acceptors (Lipinski definition) is 3. The van der Waals surface area contributed by atoms with Gasteiger partial charge in [-0.25, -0.2) is 9.59 Å². The molecule has 0 saturated carbocycles. The van der Waals surface area contributed by atoms with Gasteiger partial charge in [-0.1, -0.05) is 0 Å². The van der Waals surface area contributed by atoms with Gasteiger partial charge in [0, 0.05) is 19.3 Å². The Morgan fingerprint density at radius 2 is 2.05 bits per heavy atom. The first-order chi connectivity index (χ1) is 9.54. The number of likely N-dealkylation sites (tertiary alicyclic amines) is 1. The van der Waals surface area contributed by atoms with Gasteiger partial charge in [0.05, 0.1) is 11.6 Å². The fourth-order valence-corrected chi connectivity index (χ4v) is 2.32. The van der Waals surface area contributed by atoms with E-state index >= 15 is 0 Å². The highest BCUT2D eigenvalue weighted by molar-refractivity contribution is 5.94.